The second kappa shape index (κ2) is 9.47. The molecule has 1 N–H and O–H groups in total. The standard InChI is InChI=1S/C20H23NO4/c1-3-25-20(23)17(13-15-9-5-4-6-10-15)21-19(22)14-16-11-7-8-12-18(16)24-2/h4-12,17H,3,13-14H2,1-2H3,(H,21,22)/t17-/m0/s1. The summed E-state index contributed by atoms with van der Waals surface area (Å²) in [5.41, 5.74) is 1.72. The Morgan fingerprint density at radius 2 is 1.72 bits per heavy atom. The zero-order chi connectivity index (χ0) is 18.1. The topological polar surface area (TPSA) is 64.6 Å². The smallest absolute Gasteiger partial charge is 0.328 e. The molecule has 0 radical (unpaired) electrons. The van der Waals surface area contributed by atoms with E-state index in [1.165, 1.54) is 0 Å². The van der Waals surface area contributed by atoms with E-state index in [1.54, 1.807) is 20.1 Å². The van der Waals surface area contributed by atoms with E-state index in [4.69, 9.17) is 9.47 Å². The van der Waals surface area contributed by atoms with Crippen LogP contribution in [0.2, 0.25) is 0 Å². The van der Waals surface area contributed by atoms with Crippen molar-refractivity contribution >= 4 is 11.9 Å². The van der Waals surface area contributed by atoms with Gasteiger partial charge in [-0.15, -0.1) is 0 Å². The summed E-state index contributed by atoms with van der Waals surface area (Å²) in [5.74, 6) is -0.0355. The Morgan fingerprint density at radius 1 is 1.04 bits per heavy atom. The second-order valence-corrected chi connectivity index (χ2v) is 5.55. The molecule has 1 atom stereocenters. The van der Waals surface area contributed by atoms with E-state index in [2.05, 4.69) is 5.32 Å². The van der Waals surface area contributed by atoms with Crippen LogP contribution in [-0.2, 0) is 27.2 Å². The SMILES string of the molecule is CCOC(=O)[C@H](Cc1ccccc1)NC(=O)Cc1ccccc1OC. The second-order valence-electron chi connectivity index (χ2n) is 5.55. The molecule has 5 nitrogen and oxygen atoms in total. The Morgan fingerprint density at radius 3 is 2.40 bits per heavy atom. The summed E-state index contributed by atoms with van der Waals surface area (Å²) in [4.78, 5) is 24.6. The number of ether oxygens (including phenoxy) is 2. The van der Waals surface area contributed by atoms with E-state index < -0.39 is 12.0 Å². The van der Waals surface area contributed by atoms with Crippen LogP contribution in [0.25, 0.3) is 0 Å². The van der Waals surface area contributed by atoms with Crippen molar-refractivity contribution in [2.24, 2.45) is 0 Å². The molecule has 2 aromatic carbocycles. The van der Waals surface area contributed by atoms with Gasteiger partial charge < -0.3 is 14.8 Å². The van der Waals surface area contributed by atoms with E-state index in [0.29, 0.717) is 12.2 Å². The maximum absolute atomic E-state index is 12.4. The van der Waals surface area contributed by atoms with Gasteiger partial charge in [0.25, 0.3) is 0 Å². The van der Waals surface area contributed by atoms with Crippen molar-refractivity contribution < 1.29 is 19.1 Å². The lowest BCUT2D eigenvalue weighted by Crippen LogP contribution is -2.44. The van der Waals surface area contributed by atoms with Crippen molar-refractivity contribution in [2.45, 2.75) is 25.8 Å². The Bertz CT molecular complexity index is 700. The normalized spacial score (nSPS) is 11.4. The van der Waals surface area contributed by atoms with Crippen molar-refractivity contribution in [3.8, 4) is 5.75 Å². The number of esters is 1. The highest BCUT2D eigenvalue weighted by atomic mass is 16.5. The largest absolute Gasteiger partial charge is 0.496 e. The fraction of sp³-hybridized carbons (Fsp3) is 0.300. The number of methoxy groups -OCH3 is 1. The number of carbonyl (C=O) groups excluding carboxylic acids is 2. The van der Waals surface area contributed by atoms with Crippen LogP contribution >= 0.6 is 0 Å². The van der Waals surface area contributed by atoms with E-state index in [1.807, 2.05) is 48.5 Å². The van der Waals surface area contributed by atoms with Gasteiger partial charge in [0.15, 0.2) is 0 Å². The van der Waals surface area contributed by atoms with Crippen molar-refractivity contribution in [3.63, 3.8) is 0 Å². The summed E-state index contributed by atoms with van der Waals surface area (Å²) in [6, 6.07) is 16.1. The van der Waals surface area contributed by atoms with Gasteiger partial charge >= 0.3 is 5.97 Å². The Balaban J connectivity index is 2.07. The van der Waals surface area contributed by atoms with Crippen LogP contribution in [0.15, 0.2) is 54.6 Å². The van der Waals surface area contributed by atoms with Crippen LogP contribution in [0, 0.1) is 0 Å². The molecule has 0 fully saturated rings. The van der Waals surface area contributed by atoms with E-state index in [-0.39, 0.29) is 18.9 Å². The predicted molar refractivity (Wildman–Crippen MR) is 95.4 cm³/mol. The first-order valence-corrected chi connectivity index (χ1v) is 8.25. The molecule has 0 unspecified atom stereocenters. The lowest BCUT2D eigenvalue weighted by molar-refractivity contribution is -0.147. The van der Waals surface area contributed by atoms with Crippen molar-refractivity contribution in [1.82, 2.24) is 5.32 Å². The average Bonchev–Trinajstić information content (AvgIpc) is 2.62. The van der Waals surface area contributed by atoms with Gasteiger partial charge in [-0.05, 0) is 18.6 Å². The average molecular weight is 341 g/mol. The van der Waals surface area contributed by atoms with Gasteiger partial charge in [0, 0.05) is 12.0 Å². The van der Waals surface area contributed by atoms with Gasteiger partial charge in [-0.1, -0.05) is 48.5 Å². The molecule has 132 valence electrons. The van der Waals surface area contributed by atoms with Crippen LogP contribution in [0.3, 0.4) is 0 Å². The number of carbonyl (C=O) groups is 2. The molecule has 0 spiro atoms. The zero-order valence-electron chi connectivity index (χ0n) is 14.5. The Labute approximate surface area is 148 Å². The zero-order valence-corrected chi connectivity index (χ0v) is 14.5. The van der Waals surface area contributed by atoms with Gasteiger partial charge in [0.2, 0.25) is 5.91 Å². The first kappa shape index (κ1) is 18.5. The molecule has 0 aliphatic carbocycles. The van der Waals surface area contributed by atoms with Gasteiger partial charge in [0.05, 0.1) is 20.1 Å². The summed E-state index contributed by atoms with van der Waals surface area (Å²) in [7, 11) is 1.56. The number of hydrogen-bond acceptors (Lipinski definition) is 4. The molecule has 0 aliphatic heterocycles. The molecule has 1 amide bonds. The molecule has 0 saturated carbocycles. The van der Waals surface area contributed by atoms with Crippen LogP contribution in [0.1, 0.15) is 18.1 Å². The monoisotopic (exact) mass is 341 g/mol. The summed E-state index contributed by atoms with van der Waals surface area (Å²) in [5, 5.41) is 2.78. The summed E-state index contributed by atoms with van der Waals surface area (Å²) >= 11 is 0. The molecule has 0 bridgehead atoms. The molecular weight excluding hydrogens is 318 g/mol. The number of hydrogen-bond donors (Lipinski definition) is 1. The highest BCUT2D eigenvalue weighted by Gasteiger charge is 2.23. The van der Waals surface area contributed by atoms with Crippen molar-refractivity contribution in [1.29, 1.82) is 0 Å². The van der Waals surface area contributed by atoms with Crippen LogP contribution in [-0.4, -0.2) is 31.6 Å². The van der Waals surface area contributed by atoms with Crippen LogP contribution < -0.4 is 10.1 Å². The molecule has 25 heavy (non-hydrogen) atoms. The molecule has 0 saturated heterocycles. The third kappa shape index (κ3) is 5.64. The van der Waals surface area contributed by atoms with Gasteiger partial charge in [-0.25, -0.2) is 4.79 Å². The molecule has 0 aromatic heterocycles. The maximum Gasteiger partial charge on any atom is 0.328 e. The van der Waals surface area contributed by atoms with Crippen molar-refractivity contribution in [2.75, 3.05) is 13.7 Å². The lowest BCUT2D eigenvalue weighted by atomic mass is 10.1. The molecule has 2 rings (SSSR count). The van der Waals surface area contributed by atoms with Gasteiger partial charge in [-0.3, -0.25) is 4.79 Å². The number of nitrogens with one attached hydrogen (secondary N) is 1. The lowest BCUT2D eigenvalue weighted by Gasteiger charge is -2.18. The first-order chi connectivity index (χ1) is 12.1. The quantitative estimate of drug-likeness (QED) is 0.750. The summed E-state index contributed by atoms with van der Waals surface area (Å²) < 4.78 is 10.4. The molecule has 5 heteroatoms. The van der Waals surface area contributed by atoms with Gasteiger partial charge in [0.1, 0.15) is 11.8 Å². The minimum absolute atomic E-state index is 0.134. The summed E-state index contributed by atoms with van der Waals surface area (Å²) in [6.07, 6.45) is 0.520. The molecular formula is C20H23NO4. The highest BCUT2D eigenvalue weighted by Crippen LogP contribution is 2.17. The first-order valence-electron chi connectivity index (χ1n) is 8.25. The minimum atomic E-state index is -0.718. The number of amides is 1. The molecule has 0 heterocycles. The number of rotatable bonds is 8. The third-order valence-corrected chi connectivity index (χ3v) is 3.73. The predicted octanol–water partition coefficient (Wildman–Crippen LogP) is 2.53. The minimum Gasteiger partial charge on any atom is -0.496 e. The Hall–Kier alpha value is -2.82. The highest BCUT2D eigenvalue weighted by molar-refractivity contribution is 5.86. The molecule has 0 aliphatic rings. The van der Waals surface area contributed by atoms with E-state index >= 15 is 0 Å². The fourth-order valence-corrected chi connectivity index (χ4v) is 2.55. The summed E-state index contributed by atoms with van der Waals surface area (Å²) in [6.45, 7) is 2.01. The molecule has 2 aromatic rings. The number of benzene rings is 2. The fourth-order valence-electron chi connectivity index (χ4n) is 2.55. The van der Waals surface area contributed by atoms with E-state index in [0.717, 1.165) is 11.1 Å². The number of para-hydroxylation sites is 1. The van der Waals surface area contributed by atoms with Crippen molar-refractivity contribution in [3.05, 3.63) is 65.7 Å². The van der Waals surface area contributed by atoms with Crippen LogP contribution in [0.5, 0.6) is 5.75 Å². The van der Waals surface area contributed by atoms with Gasteiger partial charge in [-0.2, -0.15) is 0 Å². The van der Waals surface area contributed by atoms with Crippen LogP contribution in [0.4, 0.5) is 0 Å². The van der Waals surface area contributed by atoms with E-state index in [9.17, 15) is 9.59 Å². The third-order valence-electron chi connectivity index (χ3n) is 3.73. The maximum atomic E-state index is 12.4. The Kier molecular flexibility index (Phi) is 7.01.